The molecule has 0 radical (unpaired) electrons. The predicted molar refractivity (Wildman–Crippen MR) is 115 cm³/mol. The van der Waals surface area contributed by atoms with Gasteiger partial charge in [0.15, 0.2) is 5.78 Å². The summed E-state index contributed by atoms with van der Waals surface area (Å²) >= 11 is 7.94. The van der Waals surface area contributed by atoms with Gasteiger partial charge in [0.2, 0.25) is 0 Å². The Balaban J connectivity index is 1.55. The van der Waals surface area contributed by atoms with Gasteiger partial charge in [-0.25, -0.2) is 4.39 Å². The normalized spacial score (nSPS) is 14.2. The van der Waals surface area contributed by atoms with E-state index >= 15 is 0 Å². The first-order valence-electron chi connectivity index (χ1n) is 9.81. The number of thiophene rings is 1. The molecule has 0 spiro atoms. The van der Waals surface area contributed by atoms with Gasteiger partial charge in [0.25, 0.3) is 0 Å². The standard InChI is InChI=1S/C22H23ClFN3OS/c1-25-12-15(8-14-4-2-5-16(24)9-14)10-19(28)21-11-17-20(29-21)6-3-7-27-22(17)18(23)13-26-27/h2,4-5,9,11,13,15,25H,3,6-8,10,12H2,1H3. The molecule has 7 heteroatoms. The summed E-state index contributed by atoms with van der Waals surface area (Å²) in [5.74, 6) is -0.0141. The van der Waals surface area contributed by atoms with Crippen molar-refractivity contribution in [3.8, 4) is 11.3 Å². The largest absolute Gasteiger partial charge is 0.319 e. The van der Waals surface area contributed by atoms with Crippen LogP contribution in [0, 0.1) is 11.7 Å². The third-order valence-corrected chi connectivity index (χ3v) is 6.80. The lowest BCUT2D eigenvalue weighted by Crippen LogP contribution is -2.23. The van der Waals surface area contributed by atoms with Gasteiger partial charge in [-0.2, -0.15) is 5.10 Å². The van der Waals surface area contributed by atoms with E-state index in [1.807, 2.05) is 23.9 Å². The van der Waals surface area contributed by atoms with Crippen molar-refractivity contribution in [2.45, 2.75) is 32.2 Å². The number of rotatable bonds is 7. The Morgan fingerprint density at radius 1 is 1.41 bits per heavy atom. The number of carbonyl (C=O) groups is 1. The van der Waals surface area contributed by atoms with Crippen LogP contribution < -0.4 is 5.32 Å². The molecule has 1 aliphatic rings. The molecule has 0 amide bonds. The number of nitrogens with one attached hydrogen (secondary N) is 1. The van der Waals surface area contributed by atoms with E-state index in [1.54, 1.807) is 29.7 Å². The number of Topliss-reactive ketones (excluding diaryl/α,β-unsaturated/α-hetero) is 1. The molecule has 29 heavy (non-hydrogen) atoms. The number of halogens is 2. The van der Waals surface area contributed by atoms with Gasteiger partial charge in [0.05, 0.1) is 21.8 Å². The van der Waals surface area contributed by atoms with Gasteiger partial charge in [0.1, 0.15) is 5.82 Å². The Bertz CT molecular complexity index is 1030. The monoisotopic (exact) mass is 431 g/mol. The van der Waals surface area contributed by atoms with Gasteiger partial charge in [-0.15, -0.1) is 11.3 Å². The van der Waals surface area contributed by atoms with E-state index in [1.165, 1.54) is 10.9 Å². The molecule has 1 aromatic carbocycles. The zero-order valence-electron chi connectivity index (χ0n) is 16.3. The van der Waals surface area contributed by atoms with Gasteiger partial charge in [-0.05, 0) is 62.5 Å². The van der Waals surface area contributed by atoms with Crippen LogP contribution >= 0.6 is 22.9 Å². The Morgan fingerprint density at radius 3 is 3.07 bits per heavy atom. The van der Waals surface area contributed by atoms with Crippen LogP contribution in [0.4, 0.5) is 4.39 Å². The molecular formula is C22H23ClFN3OS. The van der Waals surface area contributed by atoms with E-state index in [9.17, 15) is 9.18 Å². The van der Waals surface area contributed by atoms with Crippen LogP contribution in [-0.4, -0.2) is 29.2 Å². The summed E-state index contributed by atoms with van der Waals surface area (Å²) in [5.41, 5.74) is 2.87. The van der Waals surface area contributed by atoms with Gasteiger partial charge in [0, 0.05) is 23.4 Å². The average molecular weight is 432 g/mol. The van der Waals surface area contributed by atoms with E-state index in [0.29, 0.717) is 24.4 Å². The van der Waals surface area contributed by atoms with Crippen LogP contribution in [-0.2, 0) is 19.4 Å². The molecule has 0 fully saturated rings. The number of benzene rings is 1. The Labute approximate surface area is 178 Å². The molecule has 1 atom stereocenters. The quantitative estimate of drug-likeness (QED) is 0.535. The van der Waals surface area contributed by atoms with E-state index in [0.717, 1.165) is 41.1 Å². The fraction of sp³-hybridized carbons (Fsp3) is 0.364. The maximum Gasteiger partial charge on any atom is 0.173 e. The first kappa shape index (κ1) is 20.3. The molecule has 0 saturated carbocycles. The average Bonchev–Trinajstić information content (AvgIpc) is 3.21. The topological polar surface area (TPSA) is 46.9 Å². The number of carbonyl (C=O) groups excluding carboxylic acids is 1. The minimum Gasteiger partial charge on any atom is -0.319 e. The highest BCUT2D eigenvalue weighted by molar-refractivity contribution is 7.14. The molecule has 4 nitrogen and oxygen atoms in total. The second-order valence-electron chi connectivity index (χ2n) is 7.50. The fourth-order valence-corrected chi connectivity index (χ4v) is 5.40. The van der Waals surface area contributed by atoms with Crippen molar-refractivity contribution >= 4 is 28.7 Å². The Kier molecular flexibility index (Phi) is 6.13. The number of aromatic nitrogens is 2. The minimum absolute atomic E-state index is 0.102. The summed E-state index contributed by atoms with van der Waals surface area (Å²) < 4.78 is 15.5. The number of fused-ring (bicyclic) bond motifs is 3. The first-order valence-corrected chi connectivity index (χ1v) is 11.0. The summed E-state index contributed by atoms with van der Waals surface area (Å²) in [6.07, 6.45) is 4.66. The molecule has 1 aliphatic heterocycles. The number of hydrogen-bond donors (Lipinski definition) is 1. The molecular weight excluding hydrogens is 409 g/mol. The van der Waals surface area contributed by atoms with E-state index in [-0.39, 0.29) is 17.5 Å². The third kappa shape index (κ3) is 4.44. The summed E-state index contributed by atoms with van der Waals surface area (Å²) in [5, 5.41) is 8.15. The van der Waals surface area contributed by atoms with Crippen LogP contribution in [0.15, 0.2) is 36.5 Å². The highest BCUT2D eigenvalue weighted by Crippen LogP contribution is 2.39. The van der Waals surface area contributed by atoms with Crippen molar-refractivity contribution < 1.29 is 9.18 Å². The first-order chi connectivity index (χ1) is 14.0. The Morgan fingerprint density at radius 2 is 2.28 bits per heavy atom. The van der Waals surface area contributed by atoms with Crippen molar-refractivity contribution in [1.82, 2.24) is 15.1 Å². The van der Waals surface area contributed by atoms with Crippen molar-refractivity contribution in [3.63, 3.8) is 0 Å². The molecule has 152 valence electrons. The van der Waals surface area contributed by atoms with E-state index in [4.69, 9.17) is 11.6 Å². The van der Waals surface area contributed by atoms with Crippen LogP contribution in [0.3, 0.4) is 0 Å². The maximum atomic E-state index is 13.5. The molecule has 0 aliphatic carbocycles. The van der Waals surface area contributed by atoms with Crippen molar-refractivity contribution in [1.29, 1.82) is 0 Å². The molecule has 1 unspecified atom stereocenters. The summed E-state index contributed by atoms with van der Waals surface area (Å²) in [7, 11) is 1.87. The molecule has 3 aromatic rings. The lowest BCUT2D eigenvalue weighted by molar-refractivity contribution is 0.0965. The minimum atomic E-state index is -0.243. The zero-order chi connectivity index (χ0) is 20.4. The highest BCUT2D eigenvalue weighted by atomic mass is 35.5. The lowest BCUT2D eigenvalue weighted by Gasteiger charge is -2.15. The highest BCUT2D eigenvalue weighted by Gasteiger charge is 2.24. The lowest BCUT2D eigenvalue weighted by atomic mass is 9.93. The molecule has 3 heterocycles. The summed E-state index contributed by atoms with van der Waals surface area (Å²) in [4.78, 5) is 15.0. The van der Waals surface area contributed by atoms with Crippen LogP contribution in [0.2, 0.25) is 5.02 Å². The van der Waals surface area contributed by atoms with Gasteiger partial charge in [-0.3, -0.25) is 9.48 Å². The van der Waals surface area contributed by atoms with E-state index < -0.39 is 0 Å². The smallest absolute Gasteiger partial charge is 0.173 e. The van der Waals surface area contributed by atoms with Crippen LogP contribution in [0.1, 0.15) is 33.0 Å². The summed E-state index contributed by atoms with van der Waals surface area (Å²) in [6, 6.07) is 8.59. The van der Waals surface area contributed by atoms with Gasteiger partial charge < -0.3 is 5.32 Å². The molecule has 1 N–H and O–H groups in total. The predicted octanol–water partition coefficient (Wildman–Crippen LogP) is 5.00. The van der Waals surface area contributed by atoms with E-state index in [2.05, 4.69) is 10.4 Å². The van der Waals surface area contributed by atoms with Gasteiger partial charge in [-0.1, -0.05) is 23.7 Å². The Hall–Kier alpha value is -2.02. The SMILES string of the molecule is CNCC(CC(=O)c1cc2c(s1)CCCn1ncc(Cl)c1-2)Cc1cccc(F)c1. The molecule has 4 rings (SSSR count). The van der Waals surface area contributed by atoms with Gasteiger partial charge >= 0.3 is 0 Å². The summed E-state index contributed by atoms with van der Waals surface area (Å²) in [6.45, 7) is 1.54. The fourth-order valence-electron chi connectivity index (χ4n) is 4.01. The zero-order valence-corrected chi connectivity index (χ0v) is 17.8. The molecule has 2 aromatic heterocycles. The van der Waals surface area contributed by atoms with Crippen molar-refractivity contribution in [2.24, 2.45) is 5.92 Å². The van der Waals surface area contributed by atoms with Crippen LogP contribution in [0.25, 0.3) is 11.3 Å². The maximum absolute atomic E-state index is 13.5. The number of ketones is 1. The van der Waals surface area contributed by atoms with Crippen LogP contribution in [0.5, 0.6) is 0 Å². The number of aryl methyl sites for hydroxylation is 2. The second-order valence-corrected chi connectivity index (χ2v) is 9.04. The molecule has 0 saturated heterocycles. The third-order valence-electron chi connectivity index (χ3n) is 5.29. The van der Waals surface area contributed by atoms with Crippen molar-refractivity contribution in [2.75, 3.05) is 13.6 Å². The molecule has 0 bridgehead atoms. The number of nitrogens with zero attached hydrogens (tertiary/aromatic N) is 2. The number of hydrogen-bond acceptors (Lipinski definition) is 4. The second kappa shape index (κ2) is 8.78. The van der Waals surface area contributed by atoms with Crippen molar-refractivity contribution in [3.05, 3.63) is 62.7 Å².